The number of aryl methyl sites for hydroxylation is 1. The molecule has 1 saturated heterocycles. The number of hydrogen-bond donors (Lipinski definition) is 1. The maximum atomic E-state index is 12.9. The second-order valence-electron chi connectivity index (χ2n) is 7.01. The standard InChI is InChI=1S/C17H21N3O6S2/c1-11-17(12(2)20(19-11)14-5-6-27(21,22)9-14)28(23,24)18-8-13-3-4-15-16(7-13)26-10-25-15/h3-4,7,14,18H,5-6,8-10H2,1-2H3/t14-/m1/s1. The average Bonchev–Trinajstić information content (AvgIpc) is 3.30. The van der Waals surface area contributed by atoms with Crippen molar-refractivity contribution in [2.24, 2.45) is 0 Å². The van der Waals surface area contributed by atoms with Crippen LogP contribution in [0, 0.1) is 13.8 Å². The second-order valence-corrected chi connectivity index (χ2v) is 10.9. The quantitative estimate of drug-likeness (QED) is 0.758. The molecular formula is C17H21N3O6S2. The highest BCUT2D eigenvalue weighted by Crippen LogP contribution is 2.33. The minimum absolute atomic E-state index is 0.0148. The molecule has 1 atom stereocenters. The molecule has 2 aromatic rings. The summed E-state index contributed by atoms with van der Waals surface area (Å²) in [6.45, 7) is 3.50. The Balaban J connectivity index is 1.56. The molecule has 3 heterocycles. The Morgan fingerprint density at radius 1 is 1.25 bits per heavy atom. The van der Waals surface area contributed by atoms with Gasteiger partial charge in [0.05, 0.1) is 28.9 Å². The molecule has 0 radical (unpaired) electrons. The van der Waals surface area contributed by atoms with Gasteiger partial charge < -0.3 is 9.47 Å². The van der Waals surface area contributed by atoms with Gasteiger partial charge in [-0.05, 0) is 38.0 Å². The van der Waals surface area contributed by atoms with Gasteiger partial charge >= 0.3 is 0 Å². The van der Waals surface area contributed by atoms with E-state index in [2.05, 4.69) is 9.82 Å². The number of hydrogen-bond acceptors (Lipinski definition) is 7. The molecule has 0 saturated carbocycles. The van der Waals surface area contributed by atoms with Crippen molar-refractivity contribution >= 4 is 19.9 Å². The fourth-order valence-electron chi connectivity index (χ4n) is 3.66. The Morgan fingerprint density at radius 3 is 2.71 bits per heavy atom. The molecule has 0 aliphatic carbocycles. The smallest absolute Gasteiger partial charge is 0.244 e. The minimum atomic E-state index is -3.83. The molecule has 2 aliphatic rings. The summed E-state index contributed by atoms with van der Waals surface area (Å²) >= 11 is 0. The van der Waals surface area contributed by atoms with Crippen LogP contribution in [-0.4, -0.2) is 44.9 Å². The molecule has 11 heteroatoms. The van der Waals surface area contributed by atoms with Crippen molar-refractivity contribution < 1.29 is 26.3 Å². The van der Waals surface area contributed by atoms with Gasteiger partial charge in [0.15, 0.2) is 21.3 Å². The molecule has 0 spiro atoms. The van der Waals surface area contributed by atoms with Gasteiger partial charge in [0, 0.05) is 6.54 Å². The molecule has 28 heavy (non-hydrogen) atoms. The Labute approximate surface area is 163 Å². The molecule has 4 rings (SSSR count). The van der Waals surface area contributed by atoms with Crippen LogP contribution in [0.15, 0.2) is 23.1 Å². The molecular weight excluding hydrogens is 406 g/mol. The Morgan fingerprint density at radius 2 is 2.00 bits per heavy atom. The van der Waals surface area contributed by atoms with E-state index in [-0.39, 0.29) is 35.8 Å². The lowest BCUT2D eigenvalue weighted by atomic mass is 10.2. The lowest BCUT2D eigenvalue weighted by Crippen LogP contribution is -2.24. The summed E-state index contributed by atoms with van der Waals surface area (Å²) in [4.78, 5) is 0.0949. The molecule has 0 bridgehead atoms. The zero-order valence-electron chi connectivity index (χ0n) is 15.5. The van der Waals surface area contributed by atoms with Crippen LogP contribution in [0.3, 0.4) is 0 Å². The highest BCUT2D eigenvalue weighted by atomic mass is 32.2. The van der Waals surface area contributed by atoms with Crippen LogP contribution in [0.25, 0.3) is 0 Å². The molecule has 1 fully saturated rings. The van der Waals surface area contributed by atoms with E-state index in [9.17, 15) is 16.8 Å². The monoisotopic (exact) mass is 427 g/mol. The van der Waals surface area contributed by atoms with E-state index in [0.29, 0.717) is 29.3 Å². The van der Waals surface area contributed by atoms with E-state index in [4.69, 9.17) is 9.47 Å². The molecule has 1 aromatic heterocycles. The van der Waals surface area contributed by atoms with Gasteiger partial charge in [-0.3, -0.25) is 4.68 Å². The fraction of sp³-hybridized carbons (Fsp3) is 0.471. The van der Waals surface area contributed by atoms with E-state index < -0.39 is 19.9 Å². The number of fused-ring (bicyclic) bond motifs is 1. The second kappa shape index (κ2) is 6.75. The molecule has 152 valence electrons. The zero-order valence-corrected chi connectivity index (χ0v) is 17.1. The Bertz CT molecular complexity index is 1140. The van der Waals surface area contributed by atoms with Crippen LogP contribution in [0.2, 0.25) is 0 Å². The van der Waals surface area contributed by atoms with E-state index in [1.807, 2.05) is 0 Å². The van der Waals surface area contributed by atoms with Gasteiger partial charge in [0.1, 0.15) is 4.90 Å². The van der Waals surface area contributed by atoms with Crippen molar-refractivity contribution in [3.63, 3.8) is 0 Å². The van der Waals surface area contributed by atoms with Gasteiger partial charge in [-0.25, -0.2) is 21.6 Å². The first-order valence-corrected chi connectivity index (χ1v) is 12.1. The van der Waals surface area contributed by atoms with Gasteiger partial charge in [-0.1, -0.05) is 6.07 Å². The lowest BCUT2D eigenvalue weighted by molar-refractivity contribution is 0.174. The summed E-state index contributed by atoms with van der Waals surface area (Å²) in [6, 6.07) is 4.91. The van der Waals surface area contributed by atoms with Gasteiger partial charge in [-0.2, -0.15) is 5.10 Å². The number of nitrogens with one attached hydrogen (secondary N) is 1. The van der Waals surface area contributed by atoms with E-state index in [1.54, 1.807) is 32.0 Å². The Kier molecular flexibility index (Phi) is 4.63. The molecule has 0 unspecified atom stereocenters. The van der Waals surface area contributed by atoms with E-state index in [0.717, 1.165) is 5.56 Å². The molecule has 0 amide bonds. The highest BCUT2D eigenvalue weighted by Gasteiger charge is 2.33. The highest BCUT2D eigenvalue weighted by molar-refractivity contribution is 7.91. The molecule has 9 nitrogen and oxygen atoms in total. The molecule has 2 aliphatic heterocycles. The van der Waals surface area contributed by atoms with Crippen molar-refractivity contribution in [1.82, 2.24) is 14.5 Å². The summed E-state index contributed by atoms with van der Waals surface area (Å²) in [7, 11) is -6.92. The predicted octanol–water partition coefficient (Wildman–Crippen LogP) is 1.07. The number of sulfone groups is 1. The third-order valence-electron chi connectivity index (χ3n) is 4.98. The van der Waals surface area contributed by atoms with Crippen molar-refractivity contribution in [1.29, 1.82) is 0 Å². The van der Waals surface area contributed by atoms with E-state index in [1.165, 1.54) is 4.68 Å². The third kappa shape index (κ3) is 3.49. The van der Waals surface area contributed by atoms with Crippen LogP contribution < -0.4 is 14.2 Å². The van der Waals surface area contributed by atoms with Crippen LogP contribution in [0.5, 0.6) is 11.5 Å². The number of nitrogens with zero attached hydrogens (tertiary/aromatic N) is 2. The van der Waals surface area contributed by atoms with Crippen LogP contribution in [0.1, 0.15) is 29.4 Å². The van der Waals surface area contributed by atoms with Crippen LogP contribution >= 0.6 is 0 Å². The largest absolute Gasteiger partial charge is 0.454 e. The van der Waals surface area contributed by atoms with Crippen molar-refractivity contribution in [3.8, 4) is 11.5 Å². The average molecular weight is 428 g/mol. The summed E-state index contributed by atoms with van der Waals surface area (Å²) < 4.78 is 64.0. The maximum absolute atomic E-state index is 12.9. The van der Waals surface area contributed by atoms with Crippen molar-refractivity contribution in [2.45, 2.75) is 37.8 Å². The number of ether oxygens (including phenoxy) is 2. The van der Waals surface area contributed by atoms with Crippen LogP contribution in [0.4, 0.5) is 0 Å². The van der Waals surface area contributed by atoms with E-state index >= 15 is 0 Å². The number of aromatic nitrogens is 2. The predicted molar refractivity (Wildman–Crippen MR) is 101 cm³/mol. The topological polar surface area (TPSA) is 117 Å². The first-order valence-electron chi connectivity index (χ1n) is 8.80. The summed E-state index contributed by atoms with van der Waals surface area (Å²) in [6.07, 6.45) is 0.439. The number of rotatable bonds is 5. The maximum Gasteiger partial charge on any atom is 0.244 e. The van der Waals surface area contributed by atoms with Gasteiger partial charge in [-0.15, -0.1) is 0 Å². The fourth-order valence-corrected chi connectivity index (χ4v) is 6.77. The summed E-state index contributed by atoms with van der Waals surface area (Å²) in [5, 5.41) is 4.32. The number of sulfonamides is 1. The summed E-state index contributed by atoms with van der Waals surface area (Å²) in [5.74, 6) is 1.30. The van der Waals surface area contributed by atoms with Gasteiger partial charge in [0.2, 0.25) is 16.8 Å². The van der Waals surface area contributed by atoms with Gasteiger partial charge in [0.25, 0.3) is 0 Å². The first-order chi connectivity index (χ1) is 13.2. The normalized spacial score (nSPS) is 20.6. The number of benzene rings is 1. The first kappa shape index (κ1) is 19.2. The lowest BCUT2D eigenvalue weighted by Gasteiger charge is -2.12. The van der Waals surface area contributed by atoms with Crippen molar-refractivity contribution in [2.75, 3.05) is 18.3 Å². The van der Waals surface area contributed by atoms with Crippen LogP contribution in [-0.2, 0) is 26.4 Å². The van der Waals surface area contributed by atoms with Crippen molar-refractivity contribution in [3.05, 3.63) is 35.2 Å². The zero-order chi connectivity index (χ0) is 20.1. The molecule has 1 N–H and O–H groups in total. The molecule has 1 aromatic carbocycles. The summed E-state index contributed by atoms with van der Waals surface area (Å²) in [5.41, 5.74) is 1.52. The third-order valence-corrected chi connectivity index (χ3v) is 8.39. The SMILES string of the molecule is Cc1nn([C@@H]2CCS(=O)(=O)C2)c(C)c1S(=O)(=O)NCc1ccc2c(c1)OCO2. The Hall–Kier alpha value is -2.11. The minimum Gasteiger partial charge on any atom is -0.454 e.